The minimum atomic E-state index is -0.461. The van der Waals surface area contributed by atoms with Gasteiger partial charge in [-0.15, -0.1) is 23.1 Å². The number of nitrogens with one attached hydrogen (secondary N) is 1. The van der Waals surface area contributed by atoms with Crippen LogP contribution in [0.1, 0.15) is 0 Å². The van der Waals surface area contributed by atoms with Gasteiger partial charge in [0.25, 0.3) is 0 Å². The van der Waals surface area contributed by atoms with E-state index in [0.29, 0.717) is 22.0 Å². The minimum Gasteiger partial charge on any atom is -0.422 e. The SMILES string of the molecule is O=C(CSc1ccccc1)Nc1nc(-c2cc3cc(Br)ccc3oc2=O)cs1. The topological polar surface area (TPSA) is 72.2 Å². The zero-order valence-electron chi connectivity index (χ0n) is 14.3. The van der Waals surface area contributed by atoms with E-state index in [4.69, 9.17) is 4.42 Å². The first-order valence-corrected chi connectivity index (χ1v) is 10.9. The predicted octanol–water partition coefficient (Wildman–Crippen LogP) is 5.41. The molecular weight excluding hydrogens is 460 g/mol. The first-order chi connectivity index (χ1) is 13.6. The van der Waals surface area contributed by atoms with Crippen molar-refractivity contribution in [3.05, 3.63) is 74.9 Å². The van der Waals surface area contributed by atoms with Crippen molar-refractivity contribution < 1.29 is 9.21 Å². The smallest absolute Gasteiger partial charge is 0.345 e. The number of thioether (sulfide) groups is 1. The molecule has 2 aromatic carbocycles. The molecule has 5 nitrogen and oxygen atoms in total. The Bertz CT molecular complexity index is 1210. The molecule has 0 aliphatic heterocycles. The van der Waals surface area contributed by atoms with Gasteiger partial charge in [0.1, 0.15) is 5.58 Å². The second-order valence-corrected chi connectivity index (χ2v) is 8.64. The number of halogens is 1. The van der Waals surface area contributed by atoms with Gasteiger partial charge in [-0.3, -0.25) is 4.79 Å². The van der Waals surface area contributed by atoms with Gasteiger partial charge in [0, 0.05) is 20.1 Å². The van der Waals surface area contributed by atoms with Crippen LogP contribution in [0.25, 0.3) is 22.2 Å². The molecule has 0 unspecified atom stereocenters. The fourth-order valence-electron chi connectivity index (χ4n) is 2.55. The Morgan fingerprint density at radius 1 is 1.18 bits per heavy atom. The Kier molecular flexibility index (Phi) is 5.61. The standard InChI is InChI=1S/C20H13BrN2O3S2/c21-13-6-7-17-12(8-13)9-15(19(25)26-17)16-10-28-20(22-16)23-18(24)11-27-14-4-2-1-3-5-14/h1-10H,11H2,(H,22,23,24). The van der Waals surface area contributed by atoms with E-state index in [1.807, 2.05) is 42.5 Å². The van der Waals surface area contributed by atoms with E-state index in [9.17, 15) is 9.59 Å². The van der Waals surface area contributed by atoms with E-state index in [0.717, 1.165) is 14.8 Å². The summed E-state index contributed by atoms with van der Waals surface area (Å²) < 4.78 is 6.27. The Labute approximate surface area is 176 Å². The zero-order valence-corrected chi connectivity index (χ0v) is 17.6. The van der Waals surface area contributed by atoms with E-state index in [1.54, 1.807) is 17.5 Å². The molecule has 0 bridgehead atoms. The lowest BCUT2D eigenvalue weighted by Crippen LogP contribution is -2.13. The number of hydrogen-bond acceptors (Lipinski definition) is 6. The maximum Gasteiger partial charge on any atom is 0.345 e. The molecular formula is C20H13BrN2O3S2. The summed E-state index contributed by atoms with van der Waals surface area (Å²) in [5.41, 5.74) is 0.893. The molecule has 0 saturated carbocycles. The minimum absolute atomic E-state index is 0.149. The van der Waals surface area contributed by atoms with Crippen LogP contribution in [0.15, 0.2) is 78.6 Å². The number of fused-ring (bicyclic) bond motifs is 1. The quantitative estimate of drug-likeness (QED) is 0.310. The van der Waals surface area contributed by atoms with Gasteiger partial charge in [-0.1, -0.05) is 34.1 Å². The lowest BCUT2D eigenvalue weighted by Gasteiger charge is -2.02. The maximum absolute atomic E-state index is 12.3. The summed E-state index contributed by atoms with van der Waals surface area (Å²) in [6.45, 7) is 0. The summed E-state index contributed by atoms with van der Waals surface area (Å²) >= 11 is 6.13. The van der Waals surface area contributed by atoms with Crippen LogP contribution in [0.5, 0.6) is 0 Å². The second-order valence-electron chi connectivity index (χ2n) is 5.82. The highest BCUT2D eigenvalue weighted by molar-refractivity contribution is 9.10. The first kappa shape index (κ1) is 18.9. The number of hydrogen-bond donors (Lipinski definition) is 1. The van der Waals surface area contributed by atoms with E-state index in [1.165, 1.54) is 23.1 Å². The highest BCUT2D eigenvalue weighted by Crippen LogP contribution is 2.27. The van der Waals surface area contributed by atoms with Crippen LogP contribution < -0.4 is 10.9 Å². The van der Waals surface area contributed by atoms with Crippen molar-refractivity contribution >= 4 is 61.0 Å². The number of amides is 1. The average molecular weight is 473 g/mol. The molecule has 0 fully saturated rings. The summed E-state index contributed by atoms with van der Waals surface area (Å²) in [5.74, 6) is 0.134. The molecule has 8 heteroatoms. The molecule has 4 rings (SSSR count). The van der Waals surface area contributed by atoms with Crippen molar-refractivity contribution in [3.8, 4) is 11.3 Å². The van der Waals surface area contributed by atoms with Gasteiger partial charge in [0.05, 0.1) is 17.0 Å². The van der Waals surface area contributed by atoms with Crippen LogP contribution in [0, 0.1) is 0 Å². The van der Waals surface area contributed by atoms with Gasteiger partial charge in [-0.05, 0) is 36.4 Å². The summed E-state index contributed by atoms with van der Waals surface area (Å²) in [4.78, 5) is 29.9. The Balaban J connectivity index is 1.49. The lowest BCUT2D eigenvalue weighted by atomic mass is 10.1. The third-order valence-corrected chi connectivity index (χ3v) is 6.10. The zero-order chi connectivity index (χ0) is 19.5. The van der Waals surface area contributed by atoms with Gasteiger partial charge < -0.3 is 9.73 Å². The molecule has 0 aliphatic rings. The Hall–Kier alpha value is -2.42. The fourth-order valence-corrected chi connectivity index (χ4v) is 4.37. The number of carbonyl (C=O) groups is 1. The third-order valence-electron chi connectivity index (χ3n) is 3.83. The summed E-state index contributed by atoms with van der Waals surface area (Å²) in [5, 5.41) is 5.75. The van der Waals surface area contributed by atoms with Crippen LogP contribution in [-0.4, -0.2) is 16.6 Å². The Morgan fingerprint density at radius 2 is 2.00 bits per heavy atom. The molecule has 140 valence electrons. The van der Waals surface area contributed by atoms with Crippen molar-refractivity contribution in [2.24, 2.45) is 0 Å². The average Bonchev–Trinajstić information content (AvgIpc) is 3.15. The molecule has 0 aliphatic carbocycles. The van der Waals surface area contributed by atoms with Gasteiger partial charge in [-0.2, -0.15) is 0 Å². The van der Waals surface area contributed by atoms with Crippen LogP contribution in [0.4, 0.5) is 5.13 Å². The first-order valence-electron chi connectivity index (χ1n) is 8.25. The van der Waals surface area contributed by atoms with Gasteiger partial charge in [0.15, 0.2) is 5.13 Å². The van der Waals surface area contributed by atoms with Crippen LogP contribution in [0.2, 0.25) is 0 Å². The van der Waals surface area contributed by atoms with Crippen molar-refractivity contribution in [2.75, 3.05) is 11.1 Å². The second kappa shape index (κ2) is 8.30. The van der Waals surface area contributed by atoms with E-state index < -0.39 is 5.63 Å². The number of anilines is 1. The van der Waals surface area contributed by atoms with Crippen molar-refractivity contribution in [1.29, 1.82) is 0 Å². The molecule has 1 amide bonds. The van der Waals surface area contributed by atoms with Crippen LogP contribution >= 0.6 is 39.0 Å². The van der Waals surface area contributed by atoms with Crippen molar-refractivity contribution in [2.45, 2.75) is 4.90 Å². The monoisotopic (exact) mass is 472 g/mol. The van der Waals surface area contributed by atoms with Crippen LogP contribution in [-0.2, 0) is 4.79 Å². The van der Waals surface area contributed by atoms with E-state index in [2.05, 4.69) is 26.2 Å². The molecule has 28 heavy (non-hydrogen) atoms. The van der Waals surface area contributed by atoms with Crippen molar-refractivity contribution in [1.82, 2.24) is 4.98 Å². The predicted molar refractivity (Wildman–Crippen MR) is 117 cm³/mol. The highest BCUT2D eigenvalue weighted by atomic mass is 79.9. The van der Waals surface area contributed by atoms with E-state index >= 15 is 0 Å². The fraction of sp³-hybridized carbons (Fsp3) is 0.0500. The molecule has 1 N–H and O–H groups in total. The largest absolute Gasteiger partial charge is 0.422 e. The van der Waals surface area contributed by atoms with Gasteiger partial charge in [0.2, 0.25) is 5.91 Å². The molecule has 0 saturated heterocycles. The highest BCUT2D eigenvalue weighted by Gasteiger charge is 2.13. The molecule has 2 heterocycles. The van der Waals surface area contributed by atoms with E-state index in [-0.39, 0.29) is 11.7 Å². The number of thiazole rings is 1. The number of carbonyl (C=O) groups excluding carboxylic acids is 1. The van der Waals surface area contributed by atoms with Crippen LogP contribution in [0.3, 0.4) is 0 Å². The normalized spacial score (nSPS) is 10.9. The van der Waals surface area contributed by atoms with Crippen molar-refractivity contribution in [3.63, 3.8) is 0 Å². The maximum atomic E-state index is 12.3. The number of rotatable bonds is 5. The Morgan fingerprint density at radius 3 is 2.82 bits per heavy atom. The molecule has 0 radical (unpaired) electrons. The van der Waals surface area contributed by atoms with Gasteiger partial charge in [-0.25, -0.2) is 9.78 Å². The third kappa shape index (κ3) is 4.35. The molecule has 2 aromatic heterocycles. The molecule has 0 spiro atoms. The molecule has 4 aromatic rings. The summed E-state index contributed by atoms with van der Waals surface area (Å²) in [6, 6.07) is 16.9. The number of aromatic nitrogens is 1. The summed E-state index contributed by atoms with van der Waals surface area (Å²) in [7, 11) is 0. The summed E-state index contributed by atoms with van der Waals surface area (Å²) in [6.07, 6.45) is 0. The number of benzene rings is 2. The number of nitrogens with zero attached hydrogens (tertiary/aromatic N) is 1. The van der Waals surface area contributed by atoms with Gasteiger partial charge >= 0.3 is 5.63 Å². The lowest BCUT2D eigenvalue weighted by molar-refractivity contribution is -0.113. The molecule has 0 atom stereocenters.